The van der Waals surface area contributed by atoms with Gasteiger partial charge in [0.25, 0.3) is 0 Å². The number of carbonyl (C=O) groups is 1. The molecule has 0 saturated heterocycles. The van der Waals surface area contributed by atoms with E-state index in [1.807, 2.05) is 0 Å². The Morgan fingerprint density at radius 3 is 2.41 bits per heavy atom. The van der Waals surface area contributed by atoms with Crippen LogP contribution in [0.3, 0.4) is 0 Å². The first-order valence-corrected chi connectivity index (χ1v) is 8.25. The van der Waals surface area contributed by atoms with E-state index in [0.717, 1.165) is 25.3 Å². The maximum Gasteiger partial charge on any atom is 1.00 e. The molecule has 0 saturated carbocycles. The normalized spacial score (nSPS) is 11.6. The Bertz CT molecular complexity index is 590. The van der Waals surface area contributed by atoms with Crippen molar-refractivity contribution in [1.29, 1.82) is 0 Å². The topological polar surface area (TPSA) is 83.5 Å². The van der Waals surface area contributed by atoms with Crippen LogP contribution < -0.4 is 34.3 Å². The fourth-order valence-corrected chi connectivity index (χ4v) is 2.31. The molecule has 1 rings (SSSR count). The van der Waals surface area contributed by atoms with E-state index < -0.39 is 21.0 Å². The quantitative estimate of drug-likeness (QED) is 0.242. The maximum atomic E-state index is 11.6. The van der Waals surface area contributed by atoms with Crippen LogP contribution in [0, 0.1) is 5.41 Å². The van der Waals surface area contributed by atoms with Crippen molar-refractivity contribution in [2.45, 2.75) is 51.3 Å². The first-order valence-electron chi connectivity index (χ1n) is 6.84. The van der Waals surface area contributed by atoms with Crippen LogP contribution in [0.15, 0.2) is 29.2 Å². The van der Waals surface area contributed by atoms with E-state index in [9.17, 15) is 17.8 Å². The molecule has 22 heavy (non-hydrogen) atoms. The molecule has 7 heteroatoms. The second kappa shape index (κ2) is 9.03. The summed E-state index contributed by atoms with van der Waals surface area (Å²) in [5.41, 5.74) is 0.237. The van der Waals surface area contributed by atoms with Crippen molar-refractivity contribution in [2.75, 3.05) is 0 Å². The molecule has 0 spiro atoms. The van der Waals surface area contributed by atoms with Gasteiger partial charge in [-0.1, -0.05) is 33.3 Å². The molecule has 5 nitrogen and oxygen atoms in total. The molecule has 0 atom stereocenters. The molecule has 0 N–H and O–H groups in total. The summed E-state index contributed by atoms with van der Waals surface area (Å²) in [7, 11) is -4.54. The van der Waals surface area contributed by atoms with Gasteiger partial charge in [0, 0.05) is 6.42 Å². The maximum absolute atomic E-state index is 11.6. The molecule has 0 aliphatic heterocycles. The third kappa shape index (κ3) is 8.90. The number of benzene rings is 1. The van der Waals surface area contributed by atoms with Crippen LogP contribution in [0.4, 0.5) is 0 Å². The average Bonchev–Trinajstić information content (AvgIpc) is 2.33. The van der Waals surface area contributed by atoms with Gasteiger partial charge in [-0.3, -0.25) is 4.79 Å². The monoisotopic (exact) mass is 336 g/mol. The van der Waals surface area contributed by atoms with Gasteiger partial charge >= 0.3 is 35.5 Å². The molecular formula is C15H21NaO5S. The molecule has 0 bridgehead atoms. The van der Waals surface area contributed by atoms with Gasteiger partial charge in [0.1, 0.15) is 15.9 Å². The number of esters is 1. The number of hydrogen-bond acceptors (Lipinski definition) is 5. The van der Waals surface area contributed by atoms with E-state index in [1.54, 1.807) is 0 Å². The van der Waals surface area contributed by atoms with Crippen LogP contribution in [-0.2, 0) is 14.9 Å². The van der Waals surface area contributed by atoms with Gasteiger partial charge in [-0.15, -0.1) is 0 Å². The van der Waals surface area contributed by atoms with Crippen LogP contribution in [0.5, 0.6) is 5.75 Å². The summed E-state index contributed by atoms with van der Waals surface area (Å²) in [6, 6.07) is 5.05. The third-order valence-electron chi connectivity index (χ3n) is 2.88. The van der Waals surface area contributed by atoms with Gasteiger partial charge < -0.3 is 9.29 Å². The number of rotatable bonds is 6. The van der Waals surface area contributed by atoms with Crippen LogP contribution >= 0.6 is 0 Å². The number of unbranched alkanes of at least 4 members (excludes halogenated alkanes) is 1. The fraction of sp³-hybridized carbons (Fsp3) is 0.533. The minimum absolute atomic E-state index is 0. The second-order valence-corrected chi connectivity index (χ2v) is 7.55. The minimum atomic E-state index is -4.54. The van der Waals surface area contributed by atoms with E-state index in [-0.39, 0.29) is 47.1 Å². The van der Waals surface area contributed by atoms with E-state index in [2.05, 4.69) is 20.8 Å². The van der Waals surface area contributed by atoms with Crippen molar-refractivity contribution in [3.05, 3.63) is 24.3 Å². The molecular weight excluding hydrogens is 315 g/mol. The zero-order valence-corrected chi connectivity index (χ0v) is 16.4. The molecule has 0 unspecified atom stereocenters. The Hall–Kier alpha value is -0.400. The first kappa shape index (κ1) is 21.6. The van der Waals surface area contributed by atoms with E-state index in [1.165, 1.54) is 18.2 Å². The molecule has 0 aromatic heterocycles. The molecule has 1 aromatic rings. The van der Waals surface area contributed by atoms with Gasteiger partial charge in [0.05, 0.1) is 4.90 Å². The van der Waals surface area contributed by atoms with Gasteiger partial charge in [-0.2, -0.15) is 0 Å². The summed E-state index contributed by atoms with van der Waals surface area (Å²) in [6.45, 7) is 6.42. The SMILES string of the molecule is CC(C)(C)CCCCC(=O)Oc1cccc(S(=O)(=O)[O-])c1.[Na+]. The summed E-state index contributed by atoms with van der Waals surface area (Å²) < 4.78 is 37.7. The van der Waals surface area contributed by atoms with E-state index >= 15 is 0 Å². The van der Waals surface area contributed by atoms with Gasteiger partial charge in [0.15, 0.2) is 0 Å². The largest absolute Gasteiger partial charge is 1.00 e. The molecule has 1 aromatic carbocycles. The first-order chi connectivity index (χ1) is 9.58. The van der Waals surface area contributed by atoms with Gasteiger partial charge in [-0.25, -0.2) is 8.42 Å². The number of hydrogen-bond donors (Lipinski definition) is 0. The van der Waals surface area contributed by atoms with Crippen molar-refractivity contribution >= 4 is 16.1 Å². The number of ether oxygens (including phenoxy) is 1. The van der Waals surface area contributed by atoms with Crippen LogP contribution in [0.2, 0.25) is 0 Å². The molecule has 118 valence electrons. The van der Waals surface area contributed by atoms with Crippen molar-refractivity contribution < 1.29 is 52.1 Å². The summed E-state index contributed by atoms with van der Waals surface area (Å²) in [5, 5.41) is 0. The van der Waals surface area contributed by atoms with E-state index in [4.69, 9.17) is 4.74 Å². The Morgan fingerprint density at radius 2 is 1.86 bits per heavy atom. The molecule has 0 fully saturated rings. The van der Waals surface area contributed by atoms with E-state index in [0.29, 0.717) is 0 Å². The molecule has 0 radical (unpaired) electrons. The molecule has 0 aliphatic carbocycles. The second-order valence-electron chi connectivity index (χ2n) is 6.17. The van der Waals surface area contributed by atoms with Crippen molar-refractivity contribution in [3.63, 3.8) is 0 Å². The van der Waals surface area contributed by atoms with Crippen molar-refractivity contribution in [1.82, 2.24) is 0 Å². The van der Waals surface area contributed by atoms with Gasteiger partial charge in [0.2, 0.25) is 0 Å². The molecule has 0 aliphatic rings. The number of carbonyl (C=O) groups excluding carboxylic acids is 1. The summed E-state index contributed by atoms with van der Waals surface area (Å²) in [4.78, 5) is 11.2. The Labute approximate surface area is 154 Å². The zero-order valence-electron chi connectivity index (χ0n) is 13.6. The predicted molar refractivity (Wildman–Crippen MR) is 78.0 cm³/mol. The summed E-state index contributed by atoms with van der Waals surface area (Å²) in [5.74, 6) is -0.350. The summed E-state index contributed by atoms with van der Waals surface area (Å²) >= 11 is 0. The Morgan fingerprint density at radius 1 is 1.23 bits per heavy atom. The third-order valence-corrected chi connectivity index (χ3v) is 3.71. The van der Waals surface area contributed by atoms with Crippen LogP contribution in [-0.4, -0.2) is 18.9 Å². The average molecular weight is 336 g/mol. The van der Waals surface area contributed by atoms with Crippen LogP contribution in [0.25, 0.3) is 0 Å². The van der Waals surface area contributed by atoms with Gasteiger partial charge in [-0.05, 0) is 36.5 Å². The summed E-state index contributed by atoms with van der Waals surface area (Å²) in [6.07, 6.45) is 2.93. The van der Waals surface area contributed by atoms with Crippen molar-refractivity contribution in [3.8, 4) is 5.75 Å². The van der Waals surface area contributed by atoms with Crippen molar-refractivity contribution in [2.24, 2.45) is 5.41 Å². The predicted octanol–water partition coefficient (Wildman–Crippen LogP) is 0.107. The smallest absolute Gasteiger partial charge is 0.744 e. The van der Waals surface area contributed by atoms with Crippen LogP contribution in [0.1, 0.15) is 46.5 Å². The Balaban J connectivity index is 0.00000441. The minimum Gasteiger partial charge on any atom is -0.744 e. The zero-order chi connectivity index (χ0) is 16.1. The molecule has 0 amide bonds. The fourth-order valence-electron chi connectivity index (χ4n) is 1.80. The standard InChI is InChI=1S/C15H22O5S.Na/c1-15(2,3)10-5-4-9-14(16)20-12-7-6-8-13(11-12)21(17,18)19;/h6-8,11H,4-5,9-10H2,1-3H3,(H,17,18,19);/q;+1/p-1. The molecule has 0 heterocycles. The Kier molecular flexibility index (Phi) is 8.87.